The summed E-state index contributed by atoms with van der Waals surface area (Å²) in [7, 11) is 0. The Hall–Kier alpha value is -0.0500. The lowest BCUT2D eigenvalue weighted by molar-refractivity contribution is 0.176. The summed E-state index contributed by atoms with van der Waals surface area (Å²) < 4.78 is 0.912. The third-order valence-corrected chi connectivity index (χ3v) is 5.59. The van der Waals surface area contributed by atoms with Gasteiger partial charge in [-0.1, -0.05) is 37.8 Å². The zero-order valence-electron chi connectivity index (χ0n) is 11.2. The second-order valence-electron chi connectivity index (χ2n) is 5.63. The van der Waals surface area contributed by atoms with E-state index in [1.165, 1.54) is 43.4 Å². The first kappa shape index (κ1) is 14.4. The number of halogens is 1. The van der Waals surface area contributed by atoms with Gasteiger partial charge in [-0.3, -0.25) is 0 Å². The van der Waals surface area contributed by atoms with Gasteiger partial charge in [-0.25, -0.2) is 0 Å². The Bertz CT molecular complexity index is 363. The van der Waals surface area contributed by atoms with Gasteiger partial charge < -0.3 is 5.73 Å². The highest BCUT2D eigenvalue weighted by Crippen LogP contribution is 2.38. The molecule has 0 bridgehead atoms. The lowest BCUT2D eigenvalue weighted by atomic mass is 9.71. The fraction of sp³-hybridized carbons (Fsp3) is 0.733. The molecular weight excluding hydrogens is 262 g/mol. The second kappa shape index (κ2) is 6.93. The van der Waals surface area contributed by atoms with Gasteiger partial charge in [-0.15, -0.1) is 11.3 Å². The first-order valence-corrected chi connectivity index (χ1v) is 8.36. The first-order valence-electron chi connectivity index (χ1n) is 7.17. The molecule has 18 heavy (non-hydrogen) atoms. The summed E-state index contributed by atoms with van der Waals surface area (Å²) in [5.41, 5.74) is 5.95. The monoisotopic (exact) mass is 285 g/mol. The van der Waals surface area contributed by atoms with Crippen molar-refractivity contribution < 1.29 is 0 Å². The normalized spacial score (nSPS) is 28.5. The van der Waals surface area contributed by atoms with Crippen molar-refractivity contribution >= 4 is 22.9 Å². The van der Waals surface area contributed by atoms with E-state index in [-0.39, 0.29) is 0 Å². The van der Waals surface area contributed by atoms with Gasteiger partial charge in [0.1, 0.15) is 0 Å². The van der Waals surface area contributed by atoms with Gasteiger partial charge in [0.15, 0.2) is 0 Å². The van der Waals surface area contributed by atoms with E-state index in [2.05, 4.69) is 13.0 Å². The van der Waals surface area contributed by atoms with Crippen molar-refractivity contribution in [3.8, 4) is 0 Å². The van der Waals surface area contributed by atoms with Crippen LogP contribution in [0.15, 0.2) is 12.1 Å². The summed E-state index contributed by atoms with van der Waals surface area (Å²) >= 11 is 7.75. The quantitative estimate of drug-likeness (QED) is 0.831. The van der Waals surface area contributed by atoms with Crippen LogP contribution in [0.25, 0.3) is 0 Å². The first-order chi connectivity index (χ1) is 8.72. The molecule has 0 radical (unpaired) electrons. The van der Waals surface area contributed by atoms with Gasteiger partial charge in [0, 0.05) is 4.88 Å². The molecule has 1 fully saturated rings. The van der Waals surface area contributed by atoms with Crippen LogP contribution < -0.4 is 5.73 Å². The minimum atomic E-state index is 0.721. The van der Waals surface area contributed by atoms with Crippen LogP contribution in [0.3, 0.4) is 0 Å². The Morgan fingerprint density at radius 2 is 2.17 bits per heavy atom. The molecule has 1 aromatic heterocycles. The molecule has 0 saturated heterocycles. The Kier molecular flexibility index (Phi) is 5.53. The molecule has 0 spiro atoms. The molecule has 1 aliphatic carbocycles. The number of rotatable bonds is 5. The highest BCUT2D eigenvalue weighted by Gasteiger charge is 2.29. The van der Waals surface area contributed by atoms with Crippen LogP contribution in [0.5, 0.6) is 0 Å². The van der Waals surface area contributed by atoms with E-state index in [9.17, 15) is 0 Å². The Balaban J connectivity index is 1.97. The smallest absolute Gasteiger partial charge is 0.0931 e. The molecule has 0 amide bonds. The SMILES string of the molecule is CCCC1CCC(CN)C(Cc2ccc(Cl)s2)C1. The van der Waals surface area contributed by atoms with Crippen LogP contribution in [0.4, 0.5) is 0 Å². The van der Waals surface area contributed by atoms with Crippen molar-refractivity contribution in [2.45, 2.75) is 45.4 Å². The largest absolute Gasteiger partial charge is 0.330 e. The van der Waals surface area contributed by atoms with Gasteiger partial charge in [-0.2, -0.15) is 0 Å². The standard InChI is InChI=1S/C15H24ClNS/c1-2-3-11-4-5-12(10-17)13(8-11)9-14-6-7-15(16)18-14/h6-7,11-13H,2-5,8-10,17H2,1H3. The lowest BCUT2D eigenvalue weighted by Gasteiger charge is -2.35. The van der Waals surface area contributed by atoms with Crippen molar-refractivity contribution in [2.75, 3.05) is 6.54 Å². The molecular formula is C15H24ClNS. The molecule has 1 heterocycles. The molecule has 3 unspecified atom stereocenters. The molecule has 1 nitrogen and oxygen atoms in total. The van der Waals surface area contributed by atoms with Gasteiger partial charge in [0.25, 0.3) is 0 Å². The van der Waals surface area contributed by atoms with Crippen LogP contribution in [0.1, 0.15) is 43.9 Å². The second-order valence-corrected chi connectivity index (χ2v) is 7.43. The van der Waals surface area contributed by atoms with Gasteiger partial charge in [0.2, 0.25) is 0 Å². The Morgan fingerprint density at radius 3 is 2.78 bits per heavy atom. The minimum absolute atomic E-state index is 0.721. The van der Waals surface area contributed by atoms with Crippen molar-refractivity contribution in [3.05, 3.63) is 21.3 Å². The lowest BCUT2D eigenvalue weighted by Crippen LogP contribution is -2.31. The molecule has 3 heteroatoms. The predicted octanol–water partition coefficient (Wildman–Crippen LogP) is 4.74. The number of nitrogens with two attached hydrogens (primary N) is 1. The van der Waals surface area contributed by atoms with E-state index in [0.717, 1.165) is 28.6 Å². The van der Waals surface area contributed by atoms with Crippen LogP contribution in [-0.2, 0) is 6.42 Å². The summed E-state index contributed by atoms with van der Waals surface area (Å²) in [4.78, 5) is 1.43. The number of thiophene rings is 1. The highest BCUT2D eigenvalue weighted by molar-refractivity contribution is 7.16. The van der Waals surface area contributed by atoms with Crippen LogP contribution in [-0.4, -0.2) is 6.54 Å². The molecule has 0 aromatic carbocycles. The van der Waals surface area contributed by atoms with Crippen molar-refractivity contribution in [3.63, 3.8) is 0 Å². The molecule has 2 rings (SSSR count). The molecule has 2 N–H and O–H groups in total. The molecule has 102 valence electrons. The zero-order valence-corrected chi connectivity index (χ0v) is 12.8. The van der Waals surface area contributed by atoms with Crippen LogP contribution in [0, 0.1) is 17.8 Å². The van der Waals surface area contributed by atoms with Crippen molar-refractivity contribution in [1.29, 1.82) is 0 Å². The van der Waals surface area contributed by atoms with E-state index < -0.39 is 0 Å². The van der Waals surface area contributed by atoms with Crippen LogP contribution >= 0.6 is 22.9 Å². The molecule has 0 aliphatic heterocycles. The number of hydrogen-bond donors (Lipinski definition) is 1. The maximum atomic E-state index is 6.02. The van der Waals surface area contributed by atoms with Crippen molar-refractivity contribution in [1.82, 2.24) is 0 Å². The van der Waals surface area contributed by atoms with Crippen molar-refractivity contribution in [2.24, 2.45) is 23.5 Å². The highest BCUT2D eigenvalue weighted by atomic mass is 35.5. The van der Waals surface area contributed by atoms with E-state index >= 15 is 0 Å². The predicted molar refractivity (Wildman–Crippen MR) is 81.3 cm³/mol. The molecule has 1 aliphatic rings. The van der Waals surface area contributed by atoms with E-state index in [1.54, 1.807) is 11.3 Å². The third-order valence-electron chi connectivity index (χ3n) is 4.34. The molecule has 1 saturated carbocycles. The summed E-state index contributed by atoms with van der Waals surface area (Å²) in [5, 5.41) is 0. The molecule has 3 atom stereocenters. The summed E-state index contributed by atoms with van der Waals surface area (Å²) in [6, 6.07) is 4.20. The average Bonchev–Trinajstić information content (AvgIpc) is 2.76. The molecule has 1 aromatic rings. The van der Waals surface area contributed by atoms with E-state index in [1.807, 2.05) is 6.07 Å². The van der Waals surface area contributed by atoms with E-state index in [0.29, 0.717) is 0 Å². The fourth-order valence-corrected chi connectivity index (χ4v) is 4.55. The maximum absolute atomic E-state index is 6.02. The summed E-state index contributed by atoms with van der Waals surface area (Å²) in [6.45, 7) is 3.14. The Morgan fingerprint density at radius 1 is 1.33 bits per heavy atom. The average molecular weight is 286 g/mol. The van der Waals surface area contributed by atoms with Gasteiger partial charge in [-0.05, 0) is 55.7 Å². The summed E-state index contributed by atoms with van der Waals surface area (Å²) in [5.74, 6) is 2.42. The maximum Gasteiger partial charge on any atom is 0.0931 e. The van der Waals surface area contributed by atoms with E-state index in [4.69, 9.17) is 17.3 Å². The zero-order chi connectivity index (χ0) is 13.0. The third kappa shape index (κ3) is 3.72. The van der Waals surface area contributed by atoms with Crippen LogP contribution in [0.2, 0.25) is 4.34 Å². The van der Waals surface area contributed by atoms with Gasteiger partial charge >= 0.3 is 0 Å². The number of hydrogen-bond acceptors (Lipinski definition) is 2. The minimum Gasteiger partial charge on any atom is -0.330 e. The summed E-state index contributed by atoms with van der Waals surface area (Å²) in [6.07, 6.45) is 7.96. The fourth-order valence-electron chi connectivity index (χ4n) is 3.37. The topological polar surface area (TPSA) is 26.0 Å². The van der Waals surface area contributed by atoms with Gasteiger partial charge in [0.05, 0.1) is 4.34 Å². The Labute approximate surface area is 120 Å².